The van der Waals surface area contributed by atoms with Crippen LogP contribution in [-0.4, -0.2) is 0 Å². The lowest BCUT2D eigenvalue weighted by Crippen LogP contribution is -2.18. The highest BCUT2D eigenvalue weighted by molar-refractivity contribution is 6.09. The largest absolute Gasteiger partial charge is 0.310 e. The summed E-state index contributed by atoms with van der Waals surface area (Å²) >= 11 is 0. The van der Waals surface area contributed by atoms with E-state index in [1.165, 1.54) is 88.7 Å². The smallest absolute Gasteiger partial charge is 0.0468 e. The molecule has 0 heterocycles. The minimum Gasteiger partial charge on any atom is -0.310 e. The van der Waals surface area contributed by atoms with Crippen LogP contribution in [0.5, 0.6) is 0 Å². The Morgan fingerprint density at radius 3 is 1.40 bits per heavy atom. The first-order valence-corrected chi connectivity index (χ1v) is 17.4. The van der Waals surface area contributed by atoms with Crippen LogP contribution in [0, 0.1) is 0 Å². The summed E-state index contributed by atoms with van der Waals surface area (Å²) in [7, 11) is 0. The molecule has 0 atom stereocenters. The second-order valence-corrected chi connectivity index (χ2v) is 15.2. The lowest BCUT2D eigenvalue weighted by Gasteiger charge is -2.30. The van der Waals surface area contributed by atoms with Crippen LogP contribution in [0.1, 0.15) is 75.3 Å². The zero-order valence-corrected chi connectivity index (χ0v) is 28.7. The van der Waals surface area contributed by atoms with E-state index in [0.29, 0.717) is 5.92 Å². The highest BCUT2D eigenvalue weighted by Crippen LogP contribution is 2.53. The van der Waals surface area contributed by atoms with Gasteiger partial charge in [-0.25, -0.2) is 0 Å². The van der Waals surface area contributed by atoms with E-state index in [2.05, 4.69) is 180 Å². The fourth-order valence-corrected chi connectivity index (χ4v) is 8.69. The zero-order valence-electron chi connectivity index (χ0n) is 28.7. The molecular weight excluding hydrogens is 579 g/mol. The minimum absolute atomic E-state index is 0.0771. The van der Waals surface area contributed by atoms with E-state index in [9.17, 15) is 0 Å². The van der Waals surface area contributed by atoms with Crippen molar-refractivity contribution in [2.75, 3.05) is 4.90 Å². The molecule has 7 aromatic rings. The van der Waals surface area contributed by atoms with Gasteiger partial charge >= 0.3 is 0 Å². The Bertz CT molecular complexity index is 2330. The van der Waals surface area contributed by atoms with Crippen LogP contribution in [0.4, 0.5) is 17.1 Å². The average Bonchev–Trinajstić information content (AvgIpc) is 3.47. The topological polar surface area (TPSA) is 3.24 Å². The molecule has 0 amide bonds. The molecule has 1 heteroatoms. The maximum Gasteiger partial charge on any atom is 0.0468 e. The Balaban J connectivity index is 1.24. The predicted molar refractivity (Wildman–Crippen MR) is 205 cm³/mol. The van der Waals surface area contributed by atoms with E-state index in [1.807, 2.05) is 0 Å². The molecule has 2 aliphatic carbocycles. The summed E-state index contributed by atoms with van der Waals surface area (Å²) < 4.78 is 0. The van der Waals surface area contributed by atoms with E-state index in [0.717, 1.165) is 0 Å². The lowest BCUT2D eigenvalue weighted by molar-refractivity contribution is 0.660. The second kappa shape index (κ2) is 10.2. The third kappa shape index (κ3) is 4.10. The molecule has 48 heavy (non-hydrogen) atoms. The summed E-state index contributed by atoms with van der Waals surface area (Å²) in [4.78, 5) is 2.48. The molecule has 0 aromatic heterocycles. The summed E-state index contributed by atoms with van der Waals surface area (Å²) in [5.41, 5.74) is 15.7. The molecule has 0 aliphatic heterocycles. The van der Waals surface area contributed by atoms with Crippen LogP contribution in [0.15, 0.2) is 133 Å². The van der Waals surface area contributed by atoms with Gasteiger partial charge in [0.25, 0.3) is 0 Å². The summed E-state index contributed by atoms with van der Waals surface area (Å²) in [6.45, 7) is 14.0. The molecule has 0 unspecified atom stereocenters. The molecule has 0 spiro atoms. The predicted octanol–water partition coefficient (Wildman–Crippen LogP) is 13.2. The Hall–Kier alpha value is -5.14. The van der Waals surface area contributed by atoms with Crippen molar-refractivity contribution in [3.63, 3.8) is 0 Å². The molecule has 0 radical (unpaired) electrons. The van der Waals surface area contributed by atoms with Crippen molar-refractivity contribution in [1.29, 1.82) is 0 Å². The van der Waals surface area contributed by atoms with Crippen LogP contribution in [0.2, 0.25) is 0 Å². The monoisotopic (exact) mass is 619 g/mol. The number of rotatable bonds is 4. The normalized spacial score (nSPS) is 15.0. The molecule has 0 fully saturated rings. The van der Waals surface area contributed by atoms with Crippen molar-refractivity contribution < 1.29 is 0 Å². The average molecular weight is 620 g/mol. The van der Waals surface area contributed by atoms with Gasteiger partial charge in [-0.2, -0.15) is 0 Å². The van der Waals surface area contributed by atoms with Gasteiger partial charge in [0.05, 0.1) is 0 Å². The van der Waals surface area contributed by atoms with E-state index in [4.69, 9.17) is 0 Å². The first-order valence-electron chi connectivity index (χ1n) is 17.4. The number of fused-ring (bicyclic) bond motifs is 9. The first-order chi connectivity index (χ1) is 23.1. The van der Waals surface area contributed by atoms with Gasteiger partial charge in [0.15, 0.2) is 0 Å². The summed E-state index contributed by atoms with van der Waals surface area (Å²) in [5.74, 6) is 0.510. The molecular formula is C47H41N. The second-order valence-electron chi connectivity index (χ2n) is 15.2. The summed E-state index contributed by atoms with van der Waals surface area (Å²) in [6, 6.07) is 50.6. The molecule has 2 aliphatic rings. The molecule has 234 valence electrons. The van der Waals surface area contributed by atoms with Crippen molar-refractivity contribution in [3.8, 4) is 22.3 Å². The summed E-state index contributed by atoms with van der Waals surface area (Å²) in [5, 5.41) is 5.16. The molecule has 7 aromatic carbocycles. The van der Waals surface area contributed by atoms with Crippen LogP contribution < -0.4 is 4.90 Å². The van der Waals surface area contributed by atoms with Gasteiger partial charge in [0.2, 0.25) is 0 Å². The number of benzene rings is 7. The van der Waals surface area contributed by atoms with Gasteiger partial charge in [0, 0.05) is 27.9 Å². The Kier molecular flexibility index (Phi) is 6.16. The standard InChI is InChI=1S/C47H41N/c1-29(2)30-17-21-36-31(25-30)15-16-32-26-33(18-22-37(32)36)48(34-19-23-40-38-11-7-9-13-42(38)46(3,4)44(40)27-34)35-20-24-41-39-12-8-10-14-43(39)47(5,6)45(41)28-35/h7-29H,1-6H3. The summed E-state index contributed by atoms with van der Waals surface area (Å²) in [6.07, 6.45) is 0. The van der Waals surface area contributed by atoms with Gasteiger partial charge in [-0.15, -0.1) is 0 Å². The Morgan fingerprint density at radius 1 is 0.417 bits per heavy atom. The molecule has 0 bridgehead atoms. The Labute approximate surface area is 284 Å². The maximum atomic E-state index is 2.48. The molecule has 0 saturated carbocycles. The van der Waals surface area contributed by atoms with Gasteiger partial charge in [-0.05, 0) is 114 Å². The van der Waals surface area contributed by atoms with Crippen LogP contribution >= 0.6 is 0 Å². The van der Waals surface area contributed by atoms with Crippen LogP contribution in [0.25, 0.3) is 43.8 Å². The van der Waals surface area contributed by atoms with E-state index in [-0.39, 0.29) is 10.8 Å². The maximum absolute atomic E-state index is 2.48. The van der Waals surface area contributed by atoms with E-state index in [1.54, 1.807) is 0 Å². The van der Waals surface area contributed by atoms with Crippen molar-refractivity contribution in [3.05, 3.63) is 161 Å². The quantitative estimate of drug-likeness (QED) is 0.177. The molecule has 0 saturated heterocycles. The van der Waals surface area contributed by atoms with Crippen molar-refractivity contribution >= 4 is 38.6 Å². The highest BCUT2D eigenvalue weighted by Gasteiger charge is 2.37. The van der Waals surface area contributed by atoms with Gasteiger partial charge in [0.1, 0.15) is 0 Å². The SMILES string of the molecule is CC(C)c1ccc2c(ccc3cc(N(c4ccc5c(c4)C(C)(C)c4ccccc4-5)c4ccc5c(c4)C(C)(C)c4ccccc4-5)ccc32)c1. The van der Waals surface area contributed by atoms with Gasteiger partial charge < -0.3 is 4.90 Å². The number of hydrogen-bond acceptors (Lipinski definition) is 1. The third-order valence-corrected chi connectivity index (χ3v) is 11.4. The van der Waals surface area contributed by atoms with Crippen LogP contribution in [-0.2, 0) is 10.8 Å². The lowest BCUT2D eigenvalue weighted by atomic mass is 9.82. The number of hydrogen-bond donors (Lipinski definition) is 0. The fraction of sp³-hybridized carbons (Fsp3) is 0.191. The number of anilines is 3. The molecule has 0 N–H and O–H groups in total. The van der Waals surface area contributed by atoms with Gasteiger partial charge in [-0.3, -0.25) is 0 Å². The Morgan fingerprint density at radius 2 is 0.854 bits per heavy atom. The van der Waals surface area contributed by atoms with Crippen molar-refractivity contribution in [2.24, 2.45) is 0 Å². The highest BCUT2D eigenvalue weighted by atomic mass is 15.1. The first kappa shape index (κ1) is 29.0. The van der Waals surface area contributed by atoms with Crippen molar-refractivity contribution in [2.45, 2.75) is 58.3 Å². The van der Waals surface area contributed by atoms with Crippen molar-refractivity contribution in [1.82, 2.24) is 0 Å². The van der Waals surface area contributed by atoms with E-state index >= 15 is 0 Å². The third-order valence-electron chi connectivity index (χ3n) is 11.4. The molecule has 1 nitrogen and oxygen atoms in total. The van der Waals surface area contributed by atoms with Gasteiger partial charge in [-0.1, -0.05) is 139 Å². The van der Waals surface area contributed by atoms with Crippen LogP contribution in [0.3, 0.4) is 0 Å². The fourth-order valence-electron chi connectivity index (χ4n) is 8.69. The minimum atomic E-state index is -0.0771. The molecule has 9 rings (SSSR count). The van der Waals surface area contributed by atoms with E-state index < -0.39 is 0 Å². The number of nitrogens with zero attached hydrogens (tertiary/aromatic N) is 1. The zero-order chi connectivity index (χ0) is 32.9.